The zero-order valence-corrected chi connectivity index (χ0v) is 10.2. The van der Waals surface area contributed by atoms with Crippen LogP contribution in [0.2, 0.25) is 10.0 Å². The summed E-state index contributed by atoms with van der Waals surface area (Å²) in [4.78, 5) is 0. The van der Waals surface area contributed by atoms with E-state index < -0.39 is 0 Å². The Balaban J connectivity index is 2.31. The van der Waals surface area contributed by atoms with Crippen LogP contribution in [0.25, 0.3) is 0 Å². The number of phenols is 1. The molecule has 0 amide bonds. The summed E-state index contributed by atoms with van der Waals surface area (Å²) >= 11 is 11.8. The number of benzene rings is 2. The van der Waals surface area contributed by atoms with E-state index in [9.17, 15) is 5.11 Å². The van der Waals surface area contributed by atoms with Gasteiger partial charge in [0.05, 0.1) is 10.7 Å². The van der Waals surface area contributed by atoms with Crippen molar-refractivity contribution in [3.05, 3.63) is 46.4 Å². The molecule has 3 N–H and O–H groups in total. The minimum atomic E-state index is -0.0411. The number of nitrogen functional groups attached to an aromatic ring is 1. The van der Waals surface area contributed by atoms with E-state index in [-0.39, 0.29) is 11.4 Å². The summed E-state index contributed by atoms with van der Waals surface area (Å²) in [5, 5.41) is 10.4. The molecule has 2 rings (SSSR count). The summed E-state index contributed by atoms with van der Waals surface area (Å²) in [6, 6.07) is 9.48. The average molecular weight is 270 g/mol. The van der Waals surface area contributed by atoms with Crippen molar-refractivity contribution in [3.63, 3.8) is 0 Å². The molecule has 0 atom stereocenters. The number of phenolic OH excluding ortho intramolecular Hbond substituents is 1. The molecule has 0 heterocycles. The predicted octanol–water partition coefficient (Wildman–Crippen LogP) is 4.07. The molecule has 5 heteroatoms. The van der Waals surface area contributed by atoms with Crippen LogP contribution in [0, 0.1) is 0 Å². The first-order valence-corrected chi connectivity index (χ1v) is 5.53. The predicted molar refractivity (Wildman–Crippen MR) is 69.1 cm³/mol. The Labute approximate surface area is 108 Å². The van der Waals surface area contributed by atoms with Crippen LogP contribution >= 0.6 is 23.2 Å². The van der Waals surface area contributed by atoms with E-state index in [1.807, 2.05) is 0 Å². The third-order valence-electron chi connectivity index (χ3n) is 2.12. The van der Waals surface area contributed by atoms with Gasteiger partial charge >= 0.3 is 0 Å². The molecule has 0 aliphatic heterocycles. The molecule has 0 saturated carbocycles. The molecule has 0 spiro atoms. The fourth-order valence-corrected chi connectivity index (χ4v) is 1.59. The first kappa shape index (κ1) is 11.9. The summed E-state index contributed by atoms with van der Waals surface area (Å²) < 4.78 is 5.49. The Morgan fingerprint density at radius 1 is 1.06 bits per heavy atom. The largest absolute Gasteiger partial charge is 0.506 e. The molecule has 2 aromatic carbocycles. The van der Waals surface area contributed by atoms with Gasteiger partial charge in [-0.05, 0) is 24.3 Å². The van der Waals surface area contributed by atoms with Gasteiger partial charge in [-0.15, -0.1) is 0 Å². The molecular formula is C12H9Cl2NO2. The fourth-order valence-electron chi connectivity index (χ4n) is 1.27. The number of halogens is 2. The third kappa shape index (κ3) is 2.75. The topological polar surface area (TPSA) is 55.5 Å². The molecule has 0 saturated heterocycles. The van der Waals surface area contributed by atoms with Crippen LogP contribution in [0.5, 0.6) is 17.2 Å². The lowest BCUT2D eigenvalue weighted by molar-refractivity contribution is 0.457. The lowest BCUT2D eigenvalue weighted by Crippen LogP contribution is -1.88. The van der Waals surface area contributed by atoms with E-state index in [4.69, 9.17) is 33.7 Å². The monoisotopic (exact) mass is 269 g/mol. The molecule has 0 fully saturated rings. The minimum absolute atomic E-state index is 0.0411. The van der Waals surface area contributed by atoms with Gasteiger partial charge in [0, 0.05) is 17.2 Å². The summed E-state index contributed by atoms with van der Waals surface area (Å²) in [6.07, 6.45) is 0. The van der Waals surface area contributed by atoms with Crippen molar-refractivity contribution in [2.45, 2.75) is 0 Å². The number of anilines is 1. The van der Waals surface area contributed by atoms with Crippen LogP contribution in [0.1, 0.15) is 0 Å². The van der Waals surface area contributed by atoms with E-state index in [0.717, 1.165) is 0 Å². The normalized spacial score (nSPS) is 10.2. The van der Waals surface area contributed by atoms with Crippen molar-refractivity contribution in [1.29, 1.82) is 0 Å². The van der Waals surface area contributed by atoms with Gasteiger partial charge in [0.2, 0.25) is 0 Å². The van der Waals surface area contributed by atoms with Gasteiger partial charge in [0.15, 0.2) is 0 Å². The zero-order chi connectivity index (χ0) is 12.4. The van der Waals surface area contributed by atoms with Crippen LogP contribution in [-0.2, 0) is 0 Å². The maximum atomic E-state index is 9.44. The van der Waals surface area contributed by atoms with Crippen LogP contribution in [0.4, 0.5) is 5.69 Å². The number of aromatic hydroxyl groups is 1. The van der Waals surface area contributed by atoms with Gasteiger partial charge < -0.3 is 15.6 Å². The van der Waals surface area contributed by atoms with Gasteiger partial charge in [0.1, 0.15) is 17.2 Å². The van der Waals surface area contributed by atoms with E-state index >= 15 is 0 Å². The number of ether oxygens (including phenoxy) is 1. The van der Waals surface area contributed by atoms with Gasteiger partial charge in [-0.1, -0.05) is 23.2 Å². The van der Waals surface area contributed by atoms with Crippen LogP contribution in [0.3, 0.4) is 0 Å². The Hall–Kier alpha value is -1.58. The number of rotatable bonds is 2. The van der Waals surface area contributed by atoms with Gasteiger partial charge in [-0.2, -0.15) is 0 Å². The first-order chi connectivity index (χ1) is 8.06. The standard InChI is InChI=1S/C12H9Cl2NO2/c13-7-1-3-9(14)12(5-7)17-8-2-4-10(15)11(16)6-8/h1-6,16H,15H2. The highest BCUT2D eigenvalue weighted by atomic mass is 35.5. The molecule has 88 valence electrons. The van der Waals surface area contributed by atoms with E-state index in [1.165, 1.54) is 6.07 Å². The molecule has 0 aromatic heterocycles. The number of nitrogens with two attached hydrogens (primary N) is 1. The lowest BCUT2D eigenvalue weighted by atomic mass is 10.3. The Bertz CT molecular complexity index is 558. The van der Waals surface area contributed by atoms with Crippen molar-refractivity contribution < 1.29 is 9.84 Å². The second kappa shape index (κ2) is 4.73. The minimum Gasteiger partial charge on any atom is -0.506 e. The summed E-state index contributed by atoms with van der Waals surface area (Å²) in [5.41, 5.74) is 5.77. The van der Waals surface area contributed by atoms with Crippen LogP contribution in [-0.4, -0.2) is 5.11 Å². The lowest BCUT2D eigenvalue weighted by Gasteiger charge is -2.08. The Morgan fingerprint density at radius 2 is 1.82 bits per heavy atom. The molecule has 0 aliphatic rings. The highest BCUT2D eigenvalue weighted by Crippen LogP contribution is 2.34. The van der Waals surface area contributed by atoms with Crippen LogP contribution < -0.4 is 10.5 Å². The first-order valence-electron chi connectivity index (χ1n) is 4.77. The third-order valence-corrected chi connectivity index (χ3v) is 2.67. The van der Waals surface area contributed by atoms with E-state index in [0.29, 0.717) is 21.5 Å². The quantitative estimate of drug-likeness (QED) is 0.638. The molecule has 0 aliphatic carbocycles. The van der Waals surface area contributed by atoms with Crippen molar-refractivity contribution in [1.82, 2.24) is 0 Å². The molecule has 17 heavy (non-hydrogen) atoms. The average Bonchev–Trinajstić information content (AvgIpc) is 2.29. The Morgan fingerprint density at radius 3 is 2.53 bits per heavy atom. The summed E-state index contributed by atoms with van der Waals surface area (Å²) in [6.45, 7) is 0. The highest BCUT2D eigenvalue weighted by Gasteiger charge is 2.06. The second-order valence-electron chi connectivity index (χ2n) is 3.40. The molecule has 0 radical (unpaired) electrons. The molecule has 0 bridgehead atoms. The van der Waals surface area contributed by atoms with Gasteiger partial charge in [-0.25, -0.2) is 0 Å². The maximum absolute atomic E-state index is 9.44. The smallest absolute Gasteiger partial charge is 0.147 e. The van der Waals surface area contributed by atoms with Crippen molar-refractivity contribution in [2.75, 3.05) is 5.73 Å². The summed E-state index contributed by atoms with van der Waals surface area (Å²) in [5.74, 6) is 0.810. The fraction of sp³-hybridized carbons (Fsp3) is 0. The second-order valence-corrected chi connectivity index (χ2v) is 4.24. The van der Waals surface area contributed by atoms with Gasteiger partial charge in [-0.3, -0.25) is 0 Å². The number of hydrogen-bond donors (Lipinski definition) is 2. The SMILES string of the molecule is Nc1ccc(Oc2cc(Cl)ccc2Cl)cc1O. The highest BCUT2D eigenvalue weighted by molar-refractivity contribution is 6.34. The maximum Gasteiger partial charge on any atom is 0.147 e. The van der Waals surface area contributed by atoms with Crippen molar-refractivity contribution in [3.8, 4) is 17.2 Å². The molecule has 0 unspecified atom stereocenters. The van der Waals surface area contributed by atoms with Crippen molar-refractivity contribution >= 4 is 28.9 Å². The Kier molecular flexibility index (Phi) is 3.31. The van der Waals surface area contributed by atoms with E-state index in [2.05, 4.69) is 0 Å². The zero-order valence-electron chi connectivity index (χ0n) is 8.65. The van der Waals surface area contributed by atoms with Crippen LogP contribution in [0.15, 0.2) is 36.4 Å². The molecule has 2 aromatic rings. The van der Waals surface area contributed by atoms with E-state index in [1.54, 1.807) is 30.3 Å². The molecule has 3 nitrogen and oxygen atoms in total. The van der Waals surface area contributed by atoms with Gasteiger partial charge in [0.25, 0.3) is 0 Å². The summed E-state index contributed by atoms with van der Waals surface area (Å²) in [7, 11) is 0. The number of hydrogen-bond acceptors (Lipinski definition) is 3. The molecular weight excluding hydrogens is 261 g/mol. The van der Waals surface area contributed by atoms with Crippen molar-refractivity contribution in [2.24, 2.45) is 0 Å².